The lowest BCUT2D eigenvalue weighted by atomic mass is 9.93. The van der Waals surface area contributed by atoms with Crippen molar-refractivity contribution in [1.82, 2.24) is 0 Å². The molecule has 0 heterocycles. The first-order chi connectivity index (χ1) is 10.3. The molecule has 0 aliphatic carbocycles. The van der Waals surface area contributed by atoms with E-state index < -0.39 is 11.7 Å². The van der Waals surface area contributed by atoms with Crippen LogP contribution in [-0.2, 0) is 0 Å². The van der Waals surface area contributed by atoms with Crippen LogP contribution in [0.2, 0.25) is 0 Å². The number of halogens is 4. The monoisotopic (exact) mass is 328 g/mol. The van der Waals surface area contributed by atoms with E-state index in [1.165, 1.54) is 12.1 Å². The first kappa shape index (κ1) is 16.7. The maximum absolute atomic E-state index is 12.2. The Morgan fingerprint density at radius 2 is 1.45 bits per heavy atom. The van der Waals surface area contributed by atoms with Crippen LogP contribution < -0.4 is 4.74 Å². The van der Waals surface area contributed by atoms with Gasteiger partial charge in [0, 0.05) is 0 Å². The third kappa shape index (κ3) is 4.17. The second-order valence-electron chi connectivity index (χ2n) is 5.26. The van der Waals surface area contributed by atoms with Gasteiger partial charge in [-0.15, -0.1) is 24.8 Å². The highest BCUT2D eigenvalue weighted by Gasteiger charge is 2.31. The summed E-state index contributed by atoms with van der Waals surface area (Å²) in [5.41, 5.74) is 2.81. The zero-order valence-electron chi connectivity index (χ0n) is 12.2. The summed E-state index contributed by atoms with van der Waals surface area (Å²) in [4.78, 5) is 0. The van der Waals surface area contributed by atoms with E-state index in [0.29, 0.717) is 5.92 Å². The molecule has 0 fully saturated rings. The van der Waals surface area contributed by atoms with Crippen LogP contribution in [0, 0.1) is 0 Å². The largest absolute Gasteiger partial charge is 0.573 e. The van der Waals surface area contributed by atoms with Gasteiger partial charge < -0.3 is 4.74 Å². The van der Waals surface area contributed by atoms with Gasteiger partial charge in [-0.3, -0.25) is 0 Å². The predicted octanol–water partition coefficient (Wildman–Crippen LogP) is 6.04. The zero-order chi connectivity index (χ0) is 16.3. The standard InChI is InChI=1S/C17H16ClF3O/c1-11(2)14-5-3-4-6-15(14)16(18)12-7-9-13(10-8-12)22-17(19,20)21/h3-11,16H,1-2H3. The van der Waals surface area contributed by atoms with Gasteiger partial charge in [0.2, 0.25) is 0 Å². The molecule has 0 amide bonds. The molecule has 2 aromatic carbocycles. The average Bonchev–Trinajstić information content (AvgIpc) is 2.45. The van der Waals surface area contributed by atoms with E-state index in [2.05, 4.69) is 18.6 Å². The van der Waals surface area contributed by atoms with Gasteiger partial charge in [0.1, 0.15) is 5.75 Å². The van der Waals surface area contributed by atoms with Crippen LogP contribution in [0.3, 0.4) is 0 Å². The first-order valence-corrected chi connectivity index (χ1v) is 7.30. The van der Waals surface area contributed by atoms with Crippen LogP contribution in [-0.4, -0.2) is 6.36 Å². The molecule has 1 atom stereocenters. The molecule has 1 unspecified atom stereocenters. The lowest BCUT2D eigenvalue weighted by Gasteiger charge is -2.18. The van der Waals surface area contributed by atoms with Crippen LogP contribution >= 0.6 is 11.6 Å². The van der Waals surface area contributed by atoms with E-state index >= 15 is 0 Å². The molecule has 5 heteroatoms. The van der Waals surface area contributed by atoms with E-state index in [4.69, 9.17) is 11.6 Å². The summed E-state index contributed by atoms with van der Waals surface area (Å²) in [6, 6.07) is 13.4. The molecule has 2 aromatic rings. The molecular formula is C17H16ClF3O. The number of benzene rings is 2. The van der Waals surface area contributed by atoms with Crippen LogP contribution in [0.1, 0.15) is 41.8 Å². The Morgan fingerprint density at radius 3 is 1.95 bits per heavy atom. The molecule has 0 spiro atoms. The van der Waals surface area contributed by atoms with Gasteiger partial charge in [0.15, 0.2) is 0 Å². The van der Waals surface area contributed by atoms with Crippen molar-refractivity contribution in [1.29, 1.82) is 0 Å². The van der Waals surface area contributed by atoms with E-state index in [1.54, 1.807) is 12.1 Å². The summed E-state index contributed by atoms with van der Waals surface area (Å²) in [6.45, 7) is 4.14. The van der Waals surface area contributed by atoms with Gasteiger partial charge in [-0.05, 0) is 34.7 Å². The summed E-state index contributed by atoms with van der Waals surface area (Å²) in [6.07, 6.45) is -4.69. The number of alkyl halides is 4. The average molecular weight is 329 g/mol. The molecule has 0 radical (unpaired) electrons. The smallest absolute Gasteiger partial charge is 0.406 e. The Kier molecular flexibility index (Phi) is 5.01. The van der Waals surface area contributed by atoms with Crippen molar-refractivity contribution in [2.75, 3.05) is 0 Å². The molecule has 0 bridgehead atoms. The number of hydrogen-bond acceptors (Lipinski definition) is 1. The molecule has 0 aliphatic rings. The number of rotatable bonds is 4. The van der Waals surface area contributed by atoms with Gasteiger partial charge in [-0.25, -0.2) is 0 Å². The molecule has 0 N–H and O–H groups in total. The van der Waals surface area contributed by atoms with Crippen LogP contribution in [0.15, 0.2) is 48.5 Å². The van der Waals surface area contributed by atoms with E-state index in [1.807, 2.05) is 24.3 Å². The summed E-state index contributed by atoms with van der Waals surface area (Å²) in [5, 5.41) is -0.418. The summed E-state index contributed by atoms with van der Waals surface area (Å²) >= 11 is 6.50. The summed E-state index contributed by atoms with van der Waals surface area (Å²) in [7, 11) is 0. The highest BCUT2D eigenvalue weighted by molar-refractivity contribution is 6.22. The Morgan fingerprint density at radius 1 is 0.909 bits per heavy atom. The third-order valence-corrected chi connectivity index (χ3v) is 3.78. The second-order valence-corrected chi connectivity index (χ2v) is 5.70. The molecule has 1 nitrogen and oxygen atoms in total. The Bertz CT molecular complexity index is 621. The summed E-state index contributed by atoms with van der Waals surface area (Å²) in [5.74, 6) is 0.0579. The van der Waals surface area contributed by atoms with Gasteiger partial charge in [-0.2, -0.15) is 0 Å². The normalized spacial score (nSPS) is 13.2. The maximum atomic E-state index is 12.2. The van der Waals surface area contributed by atoms with Crippen molar-refractivity contribution < 1.29 is 17.9 Å². The van der Waals surface area contributed by atoms with Crippen LogP contribution in [0.4, 0.5) is 13.2 Å². The highest BCUT2D eigenvalue weighted by Crippen LogP contribution is 2.35. The fraction of sp³-hybridized carbons (Fsp3) is 0.294. The molecule has 0 aromatic heterocycles. The van der Waals surface area contributed by atoms with E-state index in [0.717, 1.165) is 16.7 Å². The Hall–Kier alpha value is -1.68. The summed E-state index contributed by atoms with van der Waals surface area (Å²) < 4.78 is 40.3. The molecule has 0 aliphatic heterocycles. The Labute approximate surface area is 132 Å². The quantitative estimate of drug-likeness (QED) is 0.622. The third-order valence-electron chi connectivity index (χ3n) is 3.30. The predicted molar refractivity (Wildman–Crippen MR) is 81.4 cm³/mol. The number of ether oxygens (including phenoxy) is 1. The second kappa shape index (κ2) is 6.61. The van der Waals surface area contributed by atoms with Crippen molar-refractivity contribution in [2.45, 2.75) is 31.5 Å². The van der Waals surface area contributed by atoms with Gasteiger partial charge in [-0.1, -0.05) is 50.2 Å². The maximum Gasteiger partial charge on any atom is 0.573 e. The van der Waals surface area contributed by atoms with Gasteiger partial charge >= 0.3 is 6.36 Å². The topological polar surface area (TPSA) is 9.23 Å². The Balaban J connectivity index is 2.25. The van der Waals surface area contributed by atoms with Gasteiger partial charge in [0.05, 0.1) is 5.38 Å². The molecule has 2 rings (SSSR count). The van der Waals surface area contributed by atoms with Crippen LogP contribution in [0.5, 0.6) is 5.75 Å². The fourth-order valence-corrected chi connectivity index (χ4v) is 2.63. The lowest BCUT2D eigenvalue weighted by Crippen LogP contribution is -2.17. The van der Waals surface area contributed by atoms with Crippen molar-refractivity contribution >= 4 is 11.6 Å². The first-order valence-electron chi connectivity index (χ1n) is 6.86. The van der Waals surface area contributed by atoms with Crippen molar-refractivity contribution in [3.05, 3.63) is 65.2 Å². The molecule has 22 heavy (non-hydrogen) atoms. The minimum Gasteiger partial charge on any atom is -0.406 e. The number of hydrogen-bond donors (Lipinski definition) is 0. The van der Waals surface area contributed by atoms with E-state index in [-0.39, 0.29) is 5.75 Å². The lowest BCUT2D eigenvalue weighted by molar-refractivity contribution is -0.274. The zero-order valence-corrected chi connectivity index (χ0v) is 12.9. The minimum atomic E-state index is -4.69. The molecule has 0 saturated carbocycles. The molecular weight excluding hydrogens is 313 g/mol. The van der Waals surface area contributed by atoms with Crippen molar-refractivity contribution in [3.63, 3.8) is 0 Å². The van der Waals surface area contributed by atoms with Crippen molar-refractivity contribution in [2.24, 2.45) is 0 Å². The SMILES string of the molecule is CC(C)c1ccccc1C(Cl)c1ccc(OC(F)(F)F)cc1. The fourth-order valence-electron chi connectivity index (χ4n) is 2.29. The minimum absolute atomic E-state index is 0.253. The van der Waals surface area contributed by atoms with Crippen LogP contribution in [0.25, 0.3) is 0 Å². The molecule has 118 valence electrons. The van der Waals surface area contributed by atoms with Crippen molar-refractivity contribution in [3.8, 4) is 5.75 Å². The highest BCUT2D eigenvalue weighted by atomic mass is 35.5. The van der Waals surface area contributed by atoms with E-state index in [9.17, 15) is 13.2 Å². The molecule has 0 saturated heterocycles. The van der Waals surface area contributed by atoms with Gasteiger partial charge in [0.25, 0.3) is 0 Å².